The van der Waals surface area contributed by atoms with E-state index >= 15 is 0 Å². The lowest BCUT2D eigenvalue weighted by molar-refractivity contribution is -0.131. The summed E-state index contributed by atoms with van der Waals surface area (Å²) in [6, 6.07) is 6.66. The summed E-state index contributed by atoms with van der Waals surface area (Å²) in [4.78, 5) is 38.6. The van der Waals surface area contributed by atoms with Gasteiger partial charge in [-0.3, -0.25) is 14.6 Å². The number of aromatic nitrogens is 2. The Morgan fingerprint density at radius 3 is 2.57 bits per heavy atom. The van der Waals surface area contributed by atoms with Crippen molar-refractivity contribution in [3.05, 3.63) is 54.4 Å². The highest BCUT2D eigenvalue weighted by Gasteiger charge is 2.24. The zero-order valence-electron chi connectivity index (χ0n) is 17.0. The van der Waals surface area contributed by atoms with Crippen molar-refractivity contribution >= 4 is 17.5 Å². The number of anilines is 1. The van der Waals surface area contributed by atoms with E-state index in [2.05, 4.69) is 9.97 Å². The van der Waals surface area contributed by atoms with Crippen LogP contribution in [0.1, 0.15) is 16.9 Å². The smallest absolute Gasteiger partial charge is 0.274 e. The Morgan fingerprint density at radius 2 is 1.90 bits per heavy atom. The van der Waals surface area contributed by atoms with E-state index in [4.69, 9.17) is 4.74 Å². The van der Waals surface area contributed by atoms with Gasteiger partial charge in [0.15, 0.2) is 0 Å². The van der Waals surface area contributed by atoms with E-state index in [-0.39, 0.29) is 36.3 Å². The number of hydrogen-bond acceptors (Lipinski definition) is 6. The van der Waals surface area contributed by atoms with Gasteiger partial charge in [0.05, 0.1) is 18.5 Å². The highest BCUT2D eigenvalue weighted by atomic mass is 19.1. The first-order valence-electron chi connectivity index (χ1n) is 9.91. The van der Waals surface area contributed by atoms with Crippen molar-refractivity contribution in [1.82, 2.24) is 19.8 Å². The summed E-state index contributed by atoms with van der Waals surface area (Å²) in [5, 5.41) is 0. The molecular weight excluding hydrogens is 389 g/mol. The van der Waals surface area contributed by atoms with E-state index in [9.17, 15) is 14.0 Å². The molecule has 2 aromatic rings. The van der Waals surface area contributed by atoms with E-state index in [0.29, 0.717) is 45.0 Å². The Morgan fingerprint density at radius 1 is 1.13 bits per heavy atom. The van der Waals surface area contributed by atoms with Gasteiger partial charge in [-0.05, 0) is 12.1 Å². The lowest BCUT2D eigenvalue weighted by atomic mass is 10.2. The second-order valence-electron chi connectivity index (χ2n) is 6.94. The lowest BCUT2D eigenvalue weighted by Gasteiger charge is -2.36. The molecule has 2 amide bonds. The molecule has 1 aliphatic rings. The minimum absolute atomic E-state index is 0.0300. The molecule has 160 valence electrons. The van der Waals surface area contributed by atoms with E-state index in [1.54, 1.807) is 35.1 Å². The predicted molar refractivity (Wildman–Crippen MR) is 110 cm³/mol. The van der Waals surface area contributed by atoms with E-state index in [1.165, 1.54) is 24.7 Å². The summed E-state index contributed by atoms with van der Waals surface area (Å²) in [6.45, 7) is 3.16. The average molecular weight is 415 g/mol. The Balaban J connectivity index is 1.53. The number of rotatable bonds is 8. The van der Waals surface area contributed by atoms with Crippen LogP contribution in [0.2, 0.25) is 0 Å². The maximum absolute atomic E-state index is 14.0. The van der Waals surface area contributed by atoms with Crippen LogP contribution >= 0.6 is 0 Å². The molecular formula is C21H26FN5O3. The first-order valence-corrected chi connectivity index (χ1v) is 9.91. The van der Waals surface area contributed by atoms with Gasteiger partial charge in [0.2, 0.25) is 5.91 Å². The van der Waals surface area contributed by atoms with Crippen LogP contribution in [-0.2, 0) is 9.53 Å². The van der Waals surface area contributed by atoms with Crippen LogP contribution in [0.25, 0.3) is 0 Å². The van der Waals surface area contributed by atoms with Crippen molar-refractivity contribution in [2.24, 2.45) is 0 Å². The molecule has 1 saturated heterocycles. The van der Waals surface area contributed by atoms with E-state index < -0.39 is 0 Å². The number of carbonyl (C=O) groups is 2. The molecule has 0 atom stereocenters. The monoisotopic (exact) mass is 415 g/mol. The van der Waals surface area contributed by atoms with Gasteiger partial charge in [0.1, 0.15) is 11.5 Å². The van der Waals surface area contributed by atoms with Crippen molar-refractivity contribution in [3.8, 4) is 0 Å². The summed E-state index contributed by atoms with van der Waals surface area (Å²) in [6.07, 6.45) is 4.57. The number of hydrogen-bond donors (Lipinski definition) is 0. The molecule has 1 aliphatic heterocycles. The standard InChI is InChI=1S/C21H26FN5O3/c1-30-15-14-27(21(29)18-16-23-7-8-24-18)9-6-20(28)26-12-10-25(11-13-26)19-5-3-2-4-17(19)22/h2-5,7-8,16H,6,9-15H2,1H3. The fourth-order valence-electron chi connectivity index (χ4n) is 3.38. The van der Waals surface area contributed by atoms with E-state index in [1.807, 2.05) is 4.90 Å². The third kappa shape index (κ3) is 5.50. The molecule has 0 spiro atoms. The van der Waals surface area contributed by atoms with Gasteiger partial charge in [-0.25, -0.2) is 9.37 Å². The quantitative estimate of drug-likeness (QED) is 0.649. The Hall–Kier alpha value is -3.07. The maximum atomic E-state index is 14.0. The number of nitrogens with zero attached hydrogens (tertiary/aromatic N) is 5. The van der Waals surface area contributed by atoms with Crippen LogP contribution in [0.5, 0.6) is 0 Å². The number of methoxy groups -OCH3 is 1. The summed E-state index contributed by atoms with van der Waals surface area (Å²) >= 11 is 0. The Kier molecular flexibility index (Phi) is 7.67. The summed E-state index contributed by atoms with van der Waals surface area (Å²) in [5.74, 6) is -0.566. The number of para-hydroxylation sites is 1. The van der Waals surface area contributed by atoms with Gasteiger partial charge in [-0.1, -0.05) is 12.1 Å². The van der Waals surface area contributed by atoms with Crippen LogP contribution in [0, 0.1) is 5.82 Å². The fraction of sp³-hybridized carbons (Fsp3) is 0.429. The predicted octanol–water partition coefficient (Wildman–Crippen LogP) is 1.44. The molecule has 30 heavy (non-hydrogen) atoms. The Labute approximate surface area is 175 Å². The number of piperazine rings is 1. The normalized spacial score (nSPS) is 13.9. The highest BCUT2D eigenvalue weighted by Crippen LogP contribution is 2.20. The zero-order chi connectivity index (χ0) is 21.3. The van der Waals surface area contributed by atoms with Crippen LogP contribution < -0.4 is 4.90 Å². The molecule has 8 nitrogen and oxygen atoms in total. The van der Waals surface area contributed by atoms with Gasteiger partial charge in [-0.15, -0.1) is 0 Å². The number of benzene rings is 1. The summed E-state index contributed by atoms with van der Waals surface area (Å²) in [5.41, 5.74) is 0.796. The van der Waals surface area contributed by atoms with Gasteiger partial charge in [0.25, 0.3) is 5.91 Å². The molecule has 1 aromatic carbocycles. The first-order chi connectivity index (χ1) is 14.6. The maximum Gasteiger partial charge on any atom is 0.274 e. The molecule has 0 aliphatic carbocycles. The van der Waals surface area contributed by atoms with Crippen molar-refractivity contribution in [2.75, 3.05) is 57.9 Å². The van der Waals surface area contributed by atoms with Gasteiger partial charge >= 0.3 is 0 Å². The van der Waals surface area contributed by atoms with Gasteiger partial charge in [-0.2, -0.15) is 0 Å². The molecule has 0 unspecified atom stereocenters. The van der Waals surface area contributed by atoms with Crippen molar-refractivity contribution in [2.45, 2.75) is 6.42 Å². The second kappa shape index (κ2) is 10.6. The second-order valence-corrected chi connectivity index (χ2v) is 6.94. The molecule has 0 saturated carbocycles. The van der Waals surface area contributed by atoms with Crippen molar-refractivity contribution < 1.29 is 18.7 Å². The van der Waals surface area contributed by atoms with Crippen LogP contribution in [0.3, 0.4) is 0 Å². The fourth-order valence-corrected chi connectivity index (χ4v) is 3.38. The van der Waals surface area contributed by atoms with Crippen LogP contribution in [-0.4, -0.2) is 84.6 Å². The number of carbonyl (C=O) groups excluding carboxylic acids is 2. The topological polar surface area (TPSA) is 78.9 Å². The largest absolute Gasteiger partial charge is 0.383 e. The van der Waals surface area contributed by atoms with Crippen molar-refractivity contribution in [3.63, 3.8) is 0 Å². The molecule has 1 fully saturated rings. The number of amides is 2. The minimum Gasteiger partial charge on any atom is -0.383 e. The zero-order valence-corrected chi connectivity index (χ0v) is 17.0. The summed E-state index contributed by atoms with van der Waals surface area (Å²) in [7, 11) is 1.56. The first kappa shape index (κ1) is 21.6. The third-order valence-electron chi connectivity index (χ3n) is 5.06. The third-order valence-corrected chi connectivity index (χ3v) is 5.06. The van der Waals surface area contributed by atoms with Crippen molar-refractivity contribution in [1.29, 1.82) is 0 Å². The lowest BCUT2D eigenvalue weighted by Crippen LogP contribution is -2.49. The Bertz CT molecular complexity index is 844. The van der Waals surface area contributed by atoms with E-state index in [0.717, 1.165) is 0 Å². The van der Waals surface area contributed by atoms with Crippen LogP contribution in [0.4, 0.5) is 10.1 Å². The molecule has 1 aromatic heterocycles. The van der Waals surface area contributed by atoms with Gasteiger partial charge in [0, 0.05) is 65.2 Å². The molecule has 0 radical (unpaired) electrons. The van der Waals surface area contributed by atoms with Gasteiger partial charge < -0.3 is 19.4 Å². The number of halogens is 1. The minimum atomic E-state index is -0.280. The highest BCUT2D eigenvalue weighted by molar-refractivity contribution is 5.92. The SMILES string of the molecule is COCCN(CCC(=O)N1CCN(c2ccccc2F)CC1)C(=O)c1cnccn1. The summed E-state index contributed by atoms with van der Waals surface area (Å²) < 4.78 is 19.1. The molecule has 2 heterocycles. The molecule has 9 heteroatoms. The number of ether oxygens (including phenoxy) is 1. The molecule has 0 N–H and O–H groups in total. The molecule has 3 rings (SSSR count). The average Bonchev–Trinajstić information content (AvgIpc) is 2.79. The molecule has 0 bridgehead atoms. The van der Waals surface area contributed by atoms with Crippen LogP contribution in [0.15, 0.2) is 42.9 Å².